The highest BCUT2D eigenvalue weighted by Crippen LogP contribution is 2.32. The van der Waals surface area contributed by atoms with E-state index in [2.05, 4.69) is 20.9 Å². The second-order valence-electron chi connectivity index (χ2n) is 5.76. The largest absolute Gasteiger partial charge is 0.486 e. The Hall–Kier alpha value is -3.29. The number of carbonyl (C=O) groups excluding carboxylic acids is 2. The minimum absolute atomic E-state index is 0.143. The zero-order chi connectivity index (χ0) is 18.4. The summed E-state index contributed by atoms with van der Waals surface area (Å²) in [5, 5.41) is 8.00. The van der Waals surface area contributed by atoms with Gasteiger partial charge in [0, 0.05) is 30.9 Å². The maximum absolute atomic E-state index is 11.9. The van der Waals surface area contributed by atoms with Crippen LogP contribution in [0.25, 0.3) is 0 Å². The normalized spacial score (nSPS) is 12.2. The molecule has 1 aliphatic heterocycles. The number of nitrogens with one attached hydrogen (secondary N) is 3. The van der Waals surface area contributed by atoms with E-state index in [1.54, 1.807) is 30.5 Å². The van der Waals surface area contributed by atoms with Crippen molar-refractivity contribution in [2.45, 2.75) is 13.3 Å². The summed E-state index contributed by atoms with van der Waals surface area (Å²) in [7, 11) is 0. The summed E-state index contributed by atoms with van der Waals surface area (Å²) < 4.78 is 10.9. The quantitative estimate of drug-likeness (QED) is 0.763. The number of urea groups is 1. The lowest BCUT2D eigenvalue weighted by molar-refractivity contribution is -0.116. The molecule has 0 aliphatic carbocycles. The van der Waals surface area contributed by atoms with Gasteiger partial charge in [0.05, 0.1) is 0 Å². The van der Waals surface area contributed by atoms with Crippen molar-refractivity contribution in [3.8, 4) is 11.5 Å². The number of hydrogen-bond donors (Lipinski definition) is 3. The zero-order valence-corrected chi connectivity index (χ0v) is 14.4. The number of carbonyl (C=O) groups is 2. The van der Waals surface area contributed by atoms with Gasteiger partial charge in [-0.25, -0.2) is 9.78 Å². The van der Waals surface area contributed by atoms with Gasteiger partial charge in [0.15, 0.2) is 11.5 Å². The van der Waals surface area contributed by atoms with Gasteiger partial charge in [-0.05, 0) is 30.7 Å². The number of benzene rings is 1. The number of ether oxygens (including phenoxy) is 2. The summed E-state index contributed by atoms with van der Waals surface area (Å²) in [4.78, 5) is 27.9. The van der Waals surface area contributed by atoms with Gasteiger partial charge in [-0.1, -0.05) is 6.07 Å². The lowest BCUT2D eigenvalue weighted by Gasteiger charge is -2.19. The van der Waals surface area contributed by atoms with Gasteiger partial charge in [0.2, 0.25) is 5.91 Å². The van der Waals surface area contributed by atoms with Crippen molar-refractivity contribution in [2.75, 3.05) is 30.4 Å². The first-order valence-corrected chi connectivity index (χ1v) is 8.27. The molecule has 2 aromatic rings. The average molecular weight is 356 g/mol. The van der Waals surface area contributed by atoms with Crippen molar-refractivity contribution in [2.24, 2.45) is 0 Å². The van der Waals surface area contributed by atoms with Crippen LogP contribution in [0.2, 0.25) is 0 Å². The molecule has 1 aliphatic rings. The van der Waals surface area contributed by atoms with Crippen LogP contribution in [-0.4, -0.2) is 36.7 Å². The van der Waals surface area contributed by atoms with E-state index in [0.717, 1.165) is 5.56 Å². The number of nitrogens with zero attached hydrogens (tertiary/aromatic N) is 1. The Morgan fingerprint density at radius 3 is 2.65 bits per heavy atom. The number of amides is 3. The van der Waals surface area contributed by atoms with Gasteiger partial charge in [-0.2, -0.15) is 0 Å². The first-order valence-electron chi connectivity index (χ1n) is 8.27. The van der Waals surface area contributed by atoms with Crippen LogP contribution < -0.4 is 25.4 Å². The van der Waals surface area contributed by atoms with Crippen LogP contribution in [0.1, 0.15) is 12.0 Å². The number of fused-ring (bicyclic) bond motifs is 1. The standard InChI is InChI=1S/C18H20N4O4/c1-12-2-5-16(20-11-12)22-17(23)6-7-19-18(24)21-13-3-4-14-15(10-13)26-9-8-25-14/h2-5,10-11H,6-9H2,1H3,(H2,19,21,24)(H,20,22,23). The van der Waals surface area contributed by atoms with Crippen molar-refractivity contribution in [1.29, 1.82) is 0 Å². The Morgan fingerprint density at radius 2 is 1.88 bits per heavy atom. The third-order valence-electron chi connectivity index (χ3n) is 3.62. The second kappa shape index (κ2) is 8.19. The number of aromatic nitrogens is 1. The fraction of sp³-hybridized carbons (Fsp3) is 0.278. The molecule has 0 fully saturated rings. The van der Waals surface area contributed by atoms with Crippen LogP contribution in [0, 0.1) is 6.92 Å². The van der Waals surface area contributed by atoms with E-state index in [1.165, 1.54) is 0 Å². The average Bonchev–Trinajstić information content (AvgIpc) is 2.63. The summed E-state index contributed by atoms with van der Waals surface area (Å²) in [5.74, 6) is 1.52. The van der Waals surface area contributed by atoms with Gasteiger partial charge < -0.3 is 25.4 Å². The van der Waals surface area contributed by atoms with Crippen molar-refractivity contribution >= 4 is 23.4 Å². The molecular weight excluding hydrogens is 336 g/mol. The number of hydrogen-bond acceptors (Lipinski definition) is 5. The first-order chi connectivity index (χ1) is 12.6. The Labute approximate surface area is 150 Å². The van der Waals surface area contributed by atoms with Gasteiger partial charge in [0.1, 0.15) is 19.0 Å². The van der Waals surface area contributed by atoms with Crippen LogP contribution in [0.15, 0.2) is 36.5 Å². The molecule has 136 valence electrons. The maximum Gasteiger partial charge on any atom is 0.319 e. The molecule has 26 heavy (non-hydrogen) atoms. The Kier molecular flexibility index (Phi) is 5.52. The molecule has 1 aromatic heterocycles. The van der Waals surface area contributed by atoms with Gasteiger partial charge in [-0.15, -0.1) is 0 Å². The third kappa shape index (κ3) is 4.85. The van der Waals surface area contributed by atoms with E-state index < -0.39 is 6.03 Å². The molecule has 0 saturated carbocycles. The smallest absolute Gasteiger partial charge is 0.319 e. The highest BCUT2D eigenvalue weighted by atomic mass is 16.6. The van der Waals surface area contributed by atoms with Gasteiger partial charge in [0.25, 0.3) is 0 Å². The van der Waals surface area contributed by atoms with E-state index >= 15 is 0 Å². The number of rotatable bonds is 5. The molecule has 0 spiro atoms. The van der Waals surface area contributed by atoms with Crippen molar-refractivity contribution < 1.29 is 19.1 Å². The molecule has 3 N–H and O–H groups in total. The van der Waals surface area contributed by atoms with Crippen LogP contribution in [0.5, 0.6) is 11.5 Å². The molecule has 0 unspecified atom stereocenters. The van der Waals surface area contributed by atoms with E-state index in [4.69, 9.17) is 9.47 Å². The van der Waals surface area contributed by atoms with E-state index in [0.29, 0.717) is 36.2 Å². The van der Waals surface area contributed by atoms with Gasteiger partial charge >= 0.3 is 6.03 Å². The number of aryl methyl sites for hydroxylation is 1. The summed E-state index contributed by atoms with van der Waals surface area (Å²) in [6.45, 7) is 3.12. The molecule has 3 amide bonds. The minimum atomic E-state index is -0.400. The van der Waals surface area contributed by atoms with Crippen molar-refractivity contribution in [3.05, 3.63) is 42.1 Å². The SMILES string of the molecule is Cc1ccc(NC(=O)CCNC(=O)Nc2ccc3c(c2)OCCO3)nc1. The molecule has 1 aromatic carbocycles. The fourth-order valence-electron chi connectivity index (χ4n) is 2.33. The lowest BCUT2D eigenvalue weighted by Crippen LogP contribution is -2.31. The summed E-state index contributed by atoms with van der Waals surface area (Å²) >= 11 is 0. The van der Waals surface area contributed by atoms with Gasteiger partial charge in [-0.3, -0.25) is 4.79 Å². The monoisotopic (exact) mass is 356 g/mol. The summed E-state index contributed by atoms with van der Waals surface area (Å²) in [6.07, 6.45) is 1.82. The molecule has 2 heterocycles. The van der Waals surface area contributed by atoms with E-state index in [-0.39, 0.29) is 18.9 Å². The lowest BCUT2D eigenvalue weighted by atomic mass is 10.2. The number of anilines is 2. The third-order valence-corrected chi connectivity index (χ3v) is 3.62. The van der Waals surface area contributed by atoms with Crippen molar-refractivity contribution in [1.82, 2.24) is 10.3 Å². The number of pyridine rings is 1. The highest BCUT2D eigenvalue weighted by Gasteiger charge is 2.12. The molecule has 0 saturated heterocycles. The van der Waals surface area contributed by atoms with E-state index in [1.807, 2.05) is 13.0 Å². The zero-order valence-electron chi connectivity index (χ0n) is 14.4. The highest BCUT2D eigenvalue weighted by molar-refractivity contribution is 5.92. The van der Waals surface area contributed by atoms with Crippen LogP contribution in [-0.2, 0) is 4.79 Å². The fourth-order valence-corrected chi connectivity index (χ4v) is 2.33. The van der Waals surface area contributed by atoms with Crippen LogP contribution in [0.3, 0.4) is 0 Å². The van der Waals surface area contributed by atoms with E-state index in [9.17, 15) is 9.59 Å². The van der Waals surface area contributed by atoms with Crippen molar-refractivity contribution in [3.63, 3.8) is 0 Å². The Bertz CT molecular complexity index is 792. The summed E-state index contributed by atoms with van der Waals surface area (Å²) in [5.41, 5.74) is 1.60. The maximum atomic E-state index is 11.9. The molecule has 0 bridgehead atoms. The second-order valence-corrected chi connectivity index (χ2v) is 5.76. The van der Waals surface area contributed by atoms with Crippen LogP contribution >= 0.6 is 0 Å². The predicted octanol–water partition coefficient (Wildman–Crippen LogP) is 2.31. The Morgan fingerprint density at radius 1 is 1.08 bits per heavy atom. The minimum Gasteiger partial charge on any atom is -0.486 e. The van der Waals surface area contributed by atoms with Crippen LogP contribution in [0.4, 0.5) is 16.3 Å². The molecular formula is C18H20N4O4. The topological polar surface area (TPSA) is 102 Å². The predicted molar refractivity (Wildman–Crippen MR) is 96.7 cm³/mol. The molecule has 8 heteroatoms. The molecule has 0 atom stereocenters. The molecule has 8 nitrogen and oxygen atoms in total. The Balaban J connectivity index is 1.41. The first kappa shape index (κ1) is 17.5. The summed E-state index contributed by atoms with van der Waals surface area (Å²) in [6, 6.07) is 8.36. The molecule has 0 radical (unpaired) electrons. The molecule has 3 rings (SSSR count).